The first-order valence-electron chi connectivity index (χ1n) is 9.23. The van der Waals surface area contributed by atoms with Crippen molar-refractivity contribution >= 4 is 17.5 Å². The van der Waals surface area contributed by atoms with Crippen molar-refractivity contribution in [3.05, 3.63) is 59.9 Å². The van der Waals surface area contributed by atoms with Gasteiger partial charge in [0.05, 0.1) is 18.9 Å². The molecule has 2 atom stereocenters. The summed E-state index contributed by atoms with van der Waals surface area (Å²) in [5.41, 5.74) is 1.43. The van der Waals surface area contributed by atoms with E-state index in [2.05, 4.69) is 16.0 Å². The van der Waals surface area contributed by atoms with E-state index in [0.717, 1.165) is 11.3 Å². The lowest BCUT2D eigenvalue weighted by Gasteiger charge is -2.28. The van der Waals surface area contributed by atoms with Gasteiger partial charge in [-0.3, -0.25) is 9.59 Å². The third-order valence-corrected chi connectivity index (χ3v) is 4.85. The zero-order valence-corrected chi connectivity index (χ0v) is 15.7. The Bertz CT molecular complexity index is 826. The van der Waals surface area contributed by atoms with Gasteiger partial charge in [-0.25, -0.2) is 4.39 Å². The molecule has 1 aliphatic rings. The van der Waals surface area contributed by atoms with Crippen LogP contribution >= 0.6 is 0 Å². The number of anilines is 1. The number of carbonyl (C=O) groups excluding carboxylic acids is 2. The zero-order valence-electron chi connectivity index (χ0n) is 15.7. The summed E-state index contributed by atoms with van der Waals surface area (Å²) in [5.74, 6) is -0.544. The molecule has 3 rings (SSSR count). The van der Waals surface area contributed by atoms with E-state index in [1.54, 1.807) is 7.11 Å². The molecule has 28 heavy (non-hydrogen) atoms. The van der Waals surface area contributed by atoms with Crippen molar-refractivity contribution in [3.8, 4) is 5.75 Å². The van der Waals surface area contributed by atoms with Crippen molar-refractivity contribution in [2.45, 2.75) is 13.0 Å². The first kappa shape index (κ1) is 19.8. The lowest BCUT2D eigenvalue weighted by atomic mass is 9.89. The number of amides is 2. The molecule has 1 aliphatic heterocycles. The maximum Gasteiger partial charge on any atom is 0.228 e. The standard InChI is InChI=1S/C21H24FN3O3/c1-28-19-5-3-2-4-14(19)13-24-20(26)15-10-16(12-23-11-15)21(27)25-18-8-6-17(22)7-9-18/h2-9,15-16,23H,10-13H2,1H3,(H,24,26)(H,25,27)/t15-,16+/m0/s1. The predicted molar refractivity (Wildman–Crippen MR) is 104 cm³/mol. The fourth-order valence-electron chi connectivity index (χ4n) is 3.29. The number of halogens is 1. The minimum Gasteiger partial charge on any atom is -0.496 e. The van der Waals surface area contributed by atoms with Gasteiger partial charge in [0, 0.05) is 30.9 Å². The monoisotopic (exact) mass is 385 g/mol. The molecule has 2 aromatic carbocycles. The molecule has 0 radical (unpaired) electrons. The third kappa shape index (κ3) is 5.07. The fraction of sp³-hybridized carbons (Fsp3) is 0.333. The Labute approximate surface area is 163 Å². The van der Waals surface area contributed by atoms with Crippen LogP contribution in [0.3, 0.4) is 0 Å². The Morgan fingerprint density at radius 3 is 2.46 bits per heavy atom. The second-order valence-corrected chi connectivity index (χ2v) is 6.81. The van der Waals surface area contributed by atoms with E-state index in [9.17, 15) is 14.0 Å². The molecule has 2 aromatic rings. The molecule has 0 bridgehead atoms. The van der Waals surface area contributed by atoms with Crippen LogP contribution in [-0.4, -0.2) is 32.0 Å². The summed E-state index contributed by atoms with van der Waals surface area (Å²) >= 11 is 0. The lowest BCUT2D eigenvalue weighted by Crippen LogP contribution is -2.47. The molecule has 148 valence electrons. The maximum atomic E-state index is 13.0. The van der Waals surface area contributed by atoms with Gasteiger partial charge in [-0.05, 0) is 36.8 Å². The van der Waals surface area contributed by atoms with Crippen LogP contribution in [0.1, 0.15) is 12.0 Å². The molecule has 0 spiro atoms. The van der Waals surface area contributed by atoms with Gasteiger partial charge >= 0.3 is 0 Å². The van der Waals surface area contributed by atoms with Crippen molar-refractivity contribution in [3.63, 3.8) is 0 Å². The molecule has 0 aliphatic carbocycles. The van der Waals surface area contributed by atoms with Crippen LogP contribution in [0, 0.1) is 17.7 Å². The Kier molecular flexibility index (Phi) is 6.60. The van der Waals surface area contributed by atoms with Crippen LogP contribution in [0.25, 0.3) is 0 Å². The summed E-state index contributed by atoms with van der Waals surface area (Å²) in [5, 5.41) is 8.86. The normalized spacial score (nSPS) is 18.9. The molecule has 0 saturated carbocycles. The highest BCUT2D eigenvalue weighted by atomic mass is 19.1. The number of methoxy groups -OCH3 is 1. The minimum atomic E-state index is -0.357. The highest BCUT2D eigenvalue weighted by molar-refractivity contribution is 5.93. The van der Waals surface area contributed by atoms with Crippen LogP contribution in [0.15, 0.2) is 48.5 Å². The second-order valence-electron chi connectivity index (χ2n) is 6.81. The quantitative estimate of drug-likeness (QED) is 0.713. The van der Waals surface area contributed by atoms with Gasteiger partial charge in [-0.1, -0.05) is 18.2 Å². The van der Waals surface area contributed by atoms with E-state index in [1.165, 1.54) is 24.3 Å². The summed E-state index contributed by atoms with van der Waals surface area (Å²) < 4.78 is 18.3. The molecule has 1 fully saturated rings. The highest BCUT2D eigenvalue weighted by Crippen LogP contribution is 2.21. The molecule has 3 N–H and O–H groups in total. The number of nitrogens with one attached hydrogen (secondary N) is 3. The molecule has 2 amide bonds. The average Bonchev–Trinajstić information content (AvgIpc) is 2.74. The Balaban J connectivity index is 1.54. The van der Waals surface area contributed by atoms with Crippen molar-refractivity contribution in [1.82, 2.24) is 10.6 Å². The molecule has 0 aromatic heterocycles. The SMILES string of the molecule is COc1ccccc1CNC(=O)[C@@H]1CNC[C@H](C(=O)Nc2ccc(F)cc2)C1. The van der Waals surface area contributed by atoms with Crippen LogP contribution in [0.4, 0.5) is 10.1 Å². The molecule has 6 nitrogen and oxygen atoms in total. The van der Waals surface area contributed by atoms with E-state index >= 15 is 0 Å². The molecule has 1 saturated heterocycles. The van der Waals surface area contributed by atoms with Gasteiger partial charge in [-0.2, -0.15) is 0 Å². The van der Waals surface area contributed by atoms with Crippen molar-refractivity contribution in [2.24, 2.45) is 11.8 Å². The van der Waals surface area contributed by atoms with E-state index in [1.807, 2.05) is 24.3 Å². The number of hydrogen-bond donors (Lipinski definition) is 3. The van der Waals surface area contributed by atoms with Gasteiger partial charge in [0.2, 0.25) is 11.8 Å². The Morgan fingerprint density at radius 2 is 1.75 bits per heavy atom. The number of benzene rings is 2. The summed E-state index contributed by atoms with van der Waals surface area (Å²) in [6, 6.07) is 13.1. The summed E-state index contributed by atoms with van der Waals surface area (Å²) in [6.07, 6.45) is 0.456. The maximum absolute atomic E-state index is 13.0. The van der Waals surface area contributed by atoms with Crippen LogP contribution in [0.2, 0.25) is 0 Å². The molecule has 7 heteroatoms. The number of piperidine rings is 1. The van der Waals surface area contributed by atoms with Gasteiger partial charge in [0.25, 0.3) is 0 Å². The van der Waals surface area contributed by atoms with Crippen molar-refractivity contribution < 1.29 is 18.7 Å². The number of carbonyl (C=O) groups is 2. The zero-order chi connectivity index (χ0) is 19.9. The van der Waals surface area contributed by atoms with E-state index in [4.69, 9.17) is 4.74 Å². The molecule has 0 unspecified atom stereocenters. The Morgan fingerprint density at radius 1 is 1.07 bits per heavy atom. The first-order valence-corrected chi connectivity index (χ1v) is 9.23. The topological polar surface area (TPSA) is 79.5 Å². The third-order valence-electron chi connectivity index (χ3n) is 4.85. The minimum absolute atomic E-state index is 0.0994. The summed E-state index contributed by atoms with van der Waals surface area (Å²) in [4.78, 5) is 25.1. The number of ether oxygens (including phenoxy) is 1. The van der Waals surface area contributed by atoms with Gasteiger partial charge in [0.1, 0.15) is 11.6 Å². The van der Waals surface area contributed by atoms with Crippen molar-refractivity contribution in [2.75, 3.05) is 25.5 Å². The van der Waals surface area contributed by atoms with Crippen LogP contribution in [0.5, 0.6) is 5.75 Å². The van der Waals surface area contributed by atoms with Crippen LogP contribution in [-0.2, 0) is 16.1 Å². The second kappa shape index (κ2) is 9.32. The van der Waals surface area contributed by atoms with Gasteiger partial charge in [0.15, 0.2) is 0 Å². The van der Waals surface area contributed by atoms with E-state index < -0.39 is 0 Å². The number of hydrogen-bond acceptors (Lipinski definition) is 4. The van der Waals surface area contributed by atoms with Crippen molar-refractivity contribution in [1.29, 1.82) is 0 Å². The molecular formula is C21H24FN3O3. The van der Waals surface area contributed by atoms with Gasteiger partial charge in [-0.15, -0.1) is 0 Å². The smallest absolute Gasteiger partial charge is 0.228 e. The molecule has 1 heterocycles. The Hall–Kier alpha value is -2.93. The first-order chi connectivity index (χ1) is 13.6. The van der Waals surface area contributed by atoms with Gasteiger partial charge < -0.3 is 20.7 Å². The fourth-order valence-corrected chi connectivity index (χ4v) is 3.29. The summed E-state index contributed by atoms with van der Waals surface area (Å²) in [7, 11) is 1.59. The number of para-hydroxylation sites is 1. The van der Waals surface area contributed by atoms with Crippen LogP contribution < -0.4 is 20.7 Å². The number of rotatable bonds is 6. The summed E-state index contributed by atoms with van der Waals surface area (Å²) in [6.45, 7) is 1.40. The van der Waals surface area contributed by atoms with E-state index in [-0.39, 0.29) is 29.5 Å². The van der Waals surface area contributed by atoms with E-state index in [0.29, 0.717) is 31.7 Å². The highest BCUT2D eigenvalue weighted by Gasteiger charge is 2.31. The predicted octanol–water partition coefficient (Wildman–Crippen LogP) is 2.31. The lowest BCUT2D eigenvalue weighted by molar-refractivity contribution is -0.127. The largest absolute Gasteiger partial charge is 0.496 e. The average molecular weight is 385 g/mol. The molecular weight excluding hydrogens is 361 g/mol.